The number of thioether (sulfide) groups is 1. The van der Waals surface area contributed by atoms with Crippen molar-refractivity contribution in [2.24, 2.45) is 0 Å². The maximum atomic E-state index is 14.5. The monoisotopic (exact) mass is 484 g/mol. The molecule has 3 aromatic carbocycles. The normalized spacial score (nSPS) is 10.8. The average Bonchev–Trinajstić information content (AvgIpc) is 2.80. The summed E-state index contributed by atoms with van der Waals surface area (Å²) < 4.78 is 15.7. The molecule has 0 spiro atoms. The van der Waals surface area contributed by atoms with Crippen LogP contribution >= 0.6 is 23.4 Å². The Hall–Kier alpha value is -3.76. The van der Waals surface area contributed by atoms with Gasteiger partial charge in [0, 0.05) is 12.1 Å². The number of fused-ring (bicyclic) bond motifs is 1. The summed E-state index contributed by atoms with van der Waals surface area (Å²) in [6.45, 7) is 0. The number of rotatable bonds is 6. The van der Waals surface area contributed by atoms with Gasteiger partial charge < -0.3 is 5.32 Å². The number of carbonyl (C=O) groups is 1. The molecule has 11 heteroatoms. The van der Waals surface area contributed by atoms with E-state index in [0.717, 1.165) is 22.4 Å². The van der Waals surface area contributed by atoms with Gasteiger partial charge >= 0.3 is 0 Å². The maximum Gasteiger partial charge on any atom is 0.271 e. The summed E-state index contributed by atoms with van der Waals surface area (Å²) in [5, 5.41) is 13.9. The fourth-order valence-corrected chi connectivity index (χ4v) is 4.12. The predicted octanol–water partition coefficient (Wildman–Crippen LogP) is 4.82. The molecule has 8 nitrogen and oxygen atoms in total. The zero-order chi connectivity index (χ0) is 23.5. The van der Waals surface area contributed by atoms with Gasteiger partial charge in [0.25, 0.3) is 11.2 Å². The molecule has 0 aliphatic heterocycles. The minimum Gasteiger partial charge on any atom is -0.324 e. The molecule has 0 unspecified atom stereocenters. The van der Waals surface area contributed by atoms with Crippen molar-refractivity contribution in [3.63, 3.8) is 0 Å². The fourth-order valence-electron chi connectivity index (χ4n) is 3.09. The van der Waals surface area contributed by atoms with Gasteiger partial charge in [-0.15, -0.1) is 0 Å². The van der Waals surface area contributed by atoms with Crippen LogP contribution in [0, 0.1) is 15.9 Å². The summed E-state index contributed by atoms with van der Waals surface area (Å²) in [5.41, 5.74) is -0.0435. The number of hydrogen-bond donors (Lipinski definition) is 1. The number of nitrogens with one attached hydrogen (secondary N) is 1. The molecule has 0 bridgehead atoms. The number of halogens is 2. The van der Waals surface area contributed by atoms with E-state index in [2.05, 4.69) is 10.3 Å². The Balaban J connectivity index is 1.64. The molecule has 1 heterocycles. The van der Waals surface area contributed by atoms with Crippen LogP contribution in [-0.4, -0.2) is 26.1 Å². The summed E-state index contributed by atoms with van der Waals surface area (Å²) in [5.74, 6) is -1.27. The number of nitro benzene ring substituents is 1. The second-order valence-electron chi connectivity index (χ2n) is 6.76. The van der Waals surface area contributed by atoms with Gasteiger partial charge in [0.1, 0.15) is 5.82 Å². The minimum absolute atomic E-state index is 0.00893. The van der Waals surface area contributed by atoms with E-state index in [9.17, 15) is 24.1 Å². The standard InChI is InChI=1S/C22H14ClFN4O4S/c23-15-11-13(28(31)32)9-10-18(15)25-20(29)12-33-22-26-17-7-3-1-5-14(17)21(30)27(22)19-8-4-2-6-16(19)24/h1-11H,12H2,(H,25,29). The average molecular weight is 485 g/mol. The van der Waals surface area contributed by atoms with Crippen molar-refractivity contribution in [3.05, 3.63) is 98.0 Å². The van der Waals surface area contributed by atoms with Crippen LogP contribution in [0.15, 0.2) is 76.7 Å². The number of carbonyl (C=O) groups excluding carboxylic acids is 1. The smallest absolute Gasteiger partial charge is 0.271 e. The van der Waals surface area contributed by atoms with Gasteiger partial charge in [-0.1, -0.05) is 47.6 Å². The zero-order valence-corrected chi connectivity index (χ0v) is 18.3. The fraction of sp³-hybridized carbons (Fsp3) is 0.0455. The molecule has 0 aliphatic carbocycles. The van der Waals surface area contributed by atoms with Crippen LogP contribution in [0.3, 0.4) is 0 Å². The Morgan fingerprint density at radius 1 is 1.15 bits per heavy atom. The largest absolute Gasteiger partial charge is 0.324 e. The first-order valence-corrected chi connectivity index (χ1v) is 10.8. The highest BCUT2D eigenvalue weighted by atomic mass is 35.5. The van der Waals surface area contributed by atoms with Crippen molar-refractivity contribution in [1.82, 2.24) is 9.55 Å². The lowest BCUT2D eigenvalue weighted by Gasteiger charge is -2.14. The molecular formula is C22H14ClFN4O4S. The van der Waals surface area contributed by atoms with Crippen molar-refractivity contribution >= 4 is 51.5 Å². The van der Waals surface area contributed by atoms with Gasteiger partial charge in [-0.3, -0.25) is 24.3 Å². The lowest BCUT2D eigenvalue weighted by atomic mass is 10.2. The highest BCUT2D eigenvalue weighted by molar-refractivity contribution is 7.99. The number of nitro groups is 1. The van der Waals surface area contributed by atoms with Crippen molar-refractivity contribution in [3.8, 4) is 5.69 Å². The van der Waals surface area contributed by atoms with Crippen LogP contribution in [0.5, 0.6) is 0 Å². The van der Waals surface area contributed by atoms with Crippen LogP contribution in [0.4, 0.5) is 15.8 Å². The number of amides is 1. The van der Waals surface area contributed by atoms with Gasteiger partial charge in [-0.25, -0.2) is 9.37 Å². The SMILES string of the molecule is O=C(CSc1nc2ccccc2c(=O)n1-c1ccccc1F)Nc1ccc([N+](=O)[O-])cc1Cl. The van der Waals surface area contributed by atoms with Crippen LogP contribution < -0.4 is 10.9 Å². The van der Waals surface area contributed by atoms with Crippen molar-refractivity contribution in [2.75, 3.05) is 11.1 Å². The third-order valence-electron chi connectivity index (χ3n) is 4.61. The quantitative estimate of drug-likeness (QED) is 0.182. The molecule has 166 valence electrons. The van der Waals surface area contributed by atoms with Gasteiger partial charge in [0.15, 0.2) is 5.16 Å². The Kier molecular flexibility index (Phi) is 6.38. The second-order valence-corrected chi connectivity index (χ2v) is 8.11. The molecule has 4 rings (SSSR count). The minimum atomic E-state index is -0.611. The van der Waals surface area contributed by atoms with Crippen LogP contribution in [0.2, 0.25) is 5.02 Å². The number of hydrogen-bond acceptors (Lipinski definition) is 6. The highest BCUT2D eigenvalue weighted by Gasteiger charge is 2.18. The number of aromatic nitrogens is 2. The Bertz CT molecular complexity index is 1460. The van der Waals surface area contributed by atoms with E-state index in [4.69, 9.17) is 11.6 Å². The summed E-state index contributed by atoms with van der Waals surface area (Å²) in [7, 11) is 0. The lowest BCUT2D eigenvalue weighted by Crippen LogP contribution is -2.23. The molecule has 33 heavy (non-hydrogen) atoms. The Morgan fingerprint density at radius 3 is 2.61 bits per heavy atom. The Morgan fingerprint density at radius 2 is 1.88 bits per heavy atom. The number of nitrogens with zero attached hydrogens (tertiary/aromatic N) is 3. The molecule has 4 aromatic rings. The lowest BCUT2D eigenvalue weighted by molar-refractivity contribution is -0.384. The van der Waals surface area contributed by atoms with Gasteiger partial charge in [0.05, 0.1) is 38.0 Å². The van der Waals surface area contributed by atoms with E-state index in [1.54, 1.807) is 30.3 Å². The van der Waals surface area contributed by atoms with Crippen LogP contribution in [-0.2, 0) is 4.79 Å². The summed E-state index contributed by atoms with van der Waals surface area (Å²) in [6, 6.07) is 16.1. The molecule has 0 aliphatic rings. The van der Waals surface area contributed by atoms with Crippen molar-refractivity contribution < 1.29 is 14.1 Å². The van der Waals surface area contributed by atoms with Gasteiger partial charge in [0.2, 0.25) is 5.91 Å². The van der Waals surface area contributed by atoms with Crippen molar-refractivity contribution in [2.45, 2.75) is 5.16 Å². The topological polar surface area (TPSA) is 107 Å². The van der Waals surface area contributed by atoms with Crippen molar-refractivity contribution in [1.29, 1.82) is 0 Å². The summed E-state index contributed by atoms with van der Waals surface area (Å²) in [4.78, 5) is 40.3. The third kappa shape index (κ3) is 4.71. The molecule has 1 amide bonds. The Labute approximate surface area is 195 Å². The van der Waals surface area contributed by atoms with E-state index in [1.807, 2.05) is 0 Å². The van der Waals surface area contributed by atoms with Gasteiger partial charge in [-0.2, -0.15) is 0 Å². The molecule has 0 radical (unpaired) electrons. The maximum absolute atomic E-state index is 14.5. The van der Waals surface area contributed by atoms with E-state index >= 15 is 0 Å². The van der Waals surface area contributed by atoms with E-state index in [-0.39, 0.29) is 33.0 Å². The van der Waals surface area contributed by atoms with Crippen LogP contribution in [0.1, 0.15) is 0 Å². The molecule has 0 atom stereocenters. The predicted molar refractivity (Wildman–Crippen MR) is 125 cm³/mol. The van der Waals surface area contributed by atoms with Gasteiger partial charge in [-0.05, 0) is 30.3 Å². The summed E-state index contributed by atoms with van der Waals surface area (Å²) in [6.07, 6.45) is 0. The molecule has 0 saturated heterocycles. The molecule has 1 N–H and O–H groups in total. The first kappa shape index (κ1) is 22.4. The van der Waals surface area contributed by atoms with E-state index in [0.29, 0.717) is 10.9 Å². The first-order chi connectivity index (χ1) is 15.8. The second kappa shape index (κ2) is 9.39. The number of para-hydroxylation sites is 2. The molecular weight excluding hydrogens is 471 g/mol. The summed E-state index contributed by atoms with van der Waals surface area (Å²) >= 11 is 6.96. The molecule has 0 fully saturated rings. The number of benzene rings is 3. The molecule has 0 saturated carbocycles. The number of non-ortho nitro benzene ring substituents is 1. The third-order valence-corrected chi connectivity index (χ3v) is 5.86. The van der Waals surface area contributed by atoms with E-state index < -0.39 is 22.2 Å². The first-order valence-electron chi connectivity index (χ1n) is 9.48. The highest BCUT2D eigenvalue weighted by Crippen LogP contribution is 2.27. The zero-order valence-electron chi connectivity index (χ0n) is 16.7. The molecule has 1 aromatic heterocycles. The van der Waals surface area contributed by atoms with E-state index in [1.165, 1.54) is 30.3 Å². The van der Waals surface area contributed by atoms with Crippen LogP contribution in [0.25, 0.3) is 16.6 Å². The number of anilines is 1.